The third kappa shape index (κ3) is 7.35. The van der Waals surface area contributed by atoms with Crippen LogP contribution < -0.4 is 20.9 Å². The maximum atomic E-state index is 13.1. The Hall–Kier alpha value is -6.40. The molecule has 0 bridgehead atoms. The molecule has 0 aliphatic carbocycles. The highest BCUT2D eigenvalue weighted by Crippen LogP contribution is 2.26. The highest BCUT2D eigenvalue weighted by atomic mass is 19.1. The highest BCUT2D eigenvalue weighted by Gasteiger charge is 2.22. The fourth-order valence-electron chi connectivity index (χ4n) is 5.84. The number of methoxy groups -OCH3 is 1. The van der Waals surface area contributed by atoms with Crippen LogP contribution >= 0.6 is 0 Å². The number of hydrogen-bond acceptors (Lipinski definition) is 15. The van der Waals surface area contributed by atoms with Gasteiger partial charge in [-0.25, -0.2) is 19.2 Å². The Kier molecular flexibility index (Phi) is 9.95. The molecule has 8 rings (SSSR count). The van der Waals surface area contributed by atoms with Crippen LogP contribution in [0.3, 0.4) is 0 Å². The van der Waals surface area contributed by atoms with Crippen LogP contribution in [0.2, 0.25) is 0 Å². The van der Waals surface area contributed by atoms with E-state index in [9.17, 15) is 29.0 Å². The standard InChI is InChI=1S/C21H18FN5O4.C14H15N3O5/c22-14-3-1-13(2-4-14)11-17-24-25-20(31-17)18-19(28)21(29)27-12-15(5-6-16(27)23-18)26-7-9-30-10-8-26;1-21-14(20)11-12(18)13(19)17-8-9(2-3-10(17)15-11)16-4-6-22-7-5-16/h1-6,12,28H,7-11H2;2-3,8,18H,4-7H2,1H3. The molecule has 2 aliphatic rings. The number of carbonyl (C=O) groups excluding carboxylic acids is 1. The Morgan fingerprint density at radius 3 is 1.89 bits per heavy atom. The van der Waals surface area contributed by atoms with Gasteiger partial charge in [0, 0.05) is 38.6 Å². The van der Waals surface area contributed by atoms with E-state index in [2.05, 4.69) is 34.7 Å². The minimum absolute atomic E-state index is 0.0635. The van der Waals surface area contributed by atoms with Crippen molar-refractivity contribution >= 4 is 28.6 Å². The number of aromatic hydroxyl groups is 2. The smallest absolute Gasteiger partial charge is 0.360 e. The third-order valence-corrected chi connectivity index (χ3v) is 8.64. The van der Waals surface area contributed by atoms with Crippen molar-refractivity contribution in [1.82, 2.24) is 29.0 Å². The second-order valence-corrected chi connectivity index (χ2v) is 12.0. The van der Waals surface area contributed by atoms with Crippen LogP contribution in [0.25, 0.3) is 22.9 Å². The number of morpholine rings is 2. The van der Waals surface area contributed by atoms with Crippen molar-refractivity contribution in [3.05, 3.63) is 105 Å². The minimum atomic E-state index is -0.852. The van der Waals surface area contributed by atoms with Gasteiger partial charge in [0.15, 0.2) is 11.4 Å². The lowest BCUT2D eigenvalue weighted by Crippen LogP contribution is -2.36. The Balaban J connectivity index is 0.000000174. The summed E-state index contributed by atoms with van der Waals surface area (Å²) in [6, 6.07) is 12.9. The number of pyridine rings is 2. The van der Waals surface area contributed by atoms with Gasteiger partial charge in [0.2, 0.25) is 17.4 Å². The first kappa shape index (κ1) is 35.0. The average Bonchev–Trinajstić information content (AvgIpc) is 3.67. The maximum Gasteiger partial charge on any atom is 0.360 e. The average molecular weight is 729 g/mol. The van der Waals surface area contributed by atoms with Crippen molar-refractivity contribution in [1.29, 1.82) is 0 Å². The van der Waals surface area contributed by atoms with E-state index < -0.39 is 28.6 Å². The Morgan fingerprint density at radius 1 is 0.774 bits per heavy atom. The summed E-state index contributed by atoms with van der Waals surface area (Å²) >= 11 is 0. The molecule has 274 valence electrons. The number of fused-ring (bicyclic) bond motifs is 2. The Morgan fingerprint density at radius 2 is 1.32 bits per heavy atom. The van der Waals surface area contributed by atoms with Gasteiger partial charge < -0.3 is 38.6 Å². The summed E-state index contributed by atoms with van der Waals surface area (Å²) in [6.45, 7) is 5.36. The molecular formula is C35H33FN8O9. The van der Waals surface area contributed by atoms with Crippen LogP contribution in [0.1, 0.15) is 21.9 Å². The molecule has 2 saturated heterocycles. The summed E-state index contributed by atoms with van der Waals surface area (Å²) in [5.41, 5.74) is 1.25. The van der Waals surface area contributed by atoms with E-state index >= 15 is 0 Å². The Labute approximate surface area is 299 Å². The first-order valence-corrected chi connectivity index (χ1v) is 16.5. The first-order chi connectivity index (χ1) is 25.7. The molecule has 53 heavy (non-hydrogen) atoms. The van der Waals surface area contributed by atoms with Crippen molar-refractivity contribution in [2.75, 3.05) is 69.5 Å². The van der Waals surface area contributed by atoms with Crippen molar-refractivity contribution in [2.45, 2.75) is 6.42 Å². The molecule has 0 radical (unpaired) electrons. The van der Waals surface area contributed by atoms with Crippen LogP contribution in [-0.4, -0.2) is 105 Å². The molecule has 0 unspecified atom stereocenters. The summed E-state index contributed by atoms with van der Waals surface area (Å²) in [5.74, 6) is -2.29. The second-order valence-electron chi connectivity index (χ2n) is 12.0. The third-order valence-electron chi connectivity index (χ3n) is 8.64. The molecule has 2 N–H and O–H groups in total. The molecule has 0 spiro atoms. The lowest BCUT2D eigenvalue weighted by atomic mass is 10.1. The van der Waals surface area contributed by atoms with Crippen LogP contribution in [0.5, 0.6) is 11.5 Å². The fraction of sp³-hybridized carbons (Fsp3) is 0.286. The lowest BCUT2D eigenvalue weighted by Gasteiger charge is -2.28. The van der Waals surface area contributed by atoms with Gasteiger partial charge in [-0.3, -0.25) is 18.4 Å². The van der Waals surface area contributed by atoms with Crippen LogP contribution in [-0.2, 0) is 20.6 Å². The van der Waals surface area contributed by atoms with E-state index in [-0.39, 0.29) is 41.1 Å². The number of anilines is 2. The van der Waals surface area contributed by atoms with E-state index in [1.165, 1.54) is 20.9 Å². The second kappa shape index (κ2) is 15.1. The monoisotopic (exact) mass is 728 g/mol. The molecule has 0 atom stereocenters. The topological polar surface area (TPSA) is 199 Å². The molecule has 0 saturated carbocycles. The summed E-state index contributed by atoms with van der Waals surface area (Å²) in [7, 11) is 1.16. The number of aromatic nitrogens is 6. The zero-order valence-corrected chi connectivity index (χ0v) is 28.3. The van der Waals surface area contributed by atoms with Gasteiger partial charge >= 0.3 is 17.1 Å². The number of ether oxygens (including phenoxy) is 3. The van der Waals surface area contributed by atoms with E-state index in [0.717, 1.165) is 50.2 Å². The zero-order chi connectivity index (χ0) is 37.1. The predicted molar refractivity (Wildman–Crippen MR) is 186 cm³/mol. The van der Waals surface area contributed by atoms with Crippen LogP contribution in [0.15, 0.2) is 74.9 Å². The summed E-state index contributed by atoms with van der Waals surface area (Å²) in [5, 5.41) is 28.2. The van der Waals surface area contributed by atoms with E-state index in [0.29, 0.717) is 32.1 Å². The van der Waals surface area contributed by atoms with Crippen molar-refractivity contribution in [3.8, 4) is 23.1 Å². The SMILES string of the molecule is COC(=O)c1nc2ccc(N3CCOCC3)cn2c(=O)c1O.O=c1c(O)c(-c2nnc(Cc3ccc(F)cc3)o2)nc2ccc(N3CCOCC3)cn12. The van der Waals surface area contributed by atoms with Crippen molar-refractivity contribution in [2.24, 2.45) is 0 Å². The number of rotatable bonds is 6. The summed E-state index contributed by atoms with van der Waals surface area (Å²) in [6.07, 6.45) is 3.52. The molecule has 2 aliphatic heterocycles. The number of benzene rings is 1. The van der Waals surface area contributed by atoms with E-state index in [1.807, 2.05) is 12.1 Å². The molecular weight excluding hydrogens is 695 g/mol. The normalized spacial score (nSPS) is 14.6. The molecule has 5 aromatic heterocycles. The molecule has 18 heteroatoms. The van der Waals surface area contributed by atoms with Gasteiger partial charge in [0.05, 0.1) is 51.3 Å². The van der Waals surface area contributed by atoms with Gasteiger partial charge in [-0.1, -0.05) is 12.1 Å². The molecule has 6 aromatic rings. The quantitative estimate of drug-likeness (QED) is 0.236. The van der Waals surface area contributed by atoms with E-state index in [1.54, 1.807) is 36.7 Å². The molecule has 17 nitrogen and oxygen atoms in total. The van der Waals surface area contributed by atoms with E-state index in [4.69, 9.17) is 13.9 Å². The first-order valence-electron chi connectivity index (χ1n) is 16.5. The molecule has 2 fully saturated rings. The maximum absolute atomic E-state index is 13.1. The Bertz CT molecular complexity index is 2400. The minimum Gasteiger partial charge on any atom is -0.501 e. The van der Waals surface area contributed by atoms with Gasteiger partial charge in [-0.2, -0.15) is 0 Å². The number of carbonyl (C=O) groups is 1. The fourth-order valence-corrected chi connectivity index (χ4v) is 5.84. The predicted octanol–water partition coefficient (Wildman–Crippen LogP) is 2.04. The zero-order valence-electron chi connectivity index (χ0n) is 28.3. The number of halogens is 1. The number of hydrogen-bond donors (Lipinski definition) is 2. The van der Waals surface area contributed by atoms with Crippen molar-refractivity contribution in [3.63, 3.8) is 0 Å². The van der Waals surface area contributed by atoms with Gasteiger partial charge in [0.1, 0.15) is 17.1 Å². The van der Waals surface area contributed by atoms with Crippen molar-refractivity contribution < 1.29 is 38.0 Å². The van der Waals surface area contributed by atoms with Crippen LogP contribution in [0, 0.1) is 5.82 Å². The highest BCUT2D eigenvalue weighted by molar-refractivity contribution is 5.90. The van der Waals surface area contributed by atoms with Crippen LogP contribution in [0.4, 0.5) is 15.8 Å². The van der Waals surface area contributed by atoms with Gasteiger partial charge in [-0.15, -0.1) is 10.2 Å². The molecule has 1 aromatic carbocycles. The van der Waals surface area contributed by atoms with Gasteiger partial charge in [-0.05, 0) is 42.0 Å². The molecule has 0 amide bonds. The lowest BCUT2D eigenvalue weighted by molar-refractivity contribution is 0.0590. The summed E-state index contributed by atoms with van der Waals surface area (Å²) in [4.78, 5) is 49.1. The largest absolute Gasteiger partial charge is 0.501 e. The number of nitrogens with zero attached hydrogens (tertiary/aromatic N) is 8. The summed E-state index contributed by atoms with van der Waals surface area (Å²) < 4.78 is 36.3. The number of esters is 1. The molecule has 7 heterocycles. The van der Waals surface area contributed by atoms with Gasteiger partial charge in [0.25, 0.3) is 5.89 Å².